The van der Waals surface area contributed by atoms with Crippen molar-refractivity contribution in [3.05, 3.63) is 0 Å². The second-order valence-electron chi connectivity index (χ2n) is 5.43. The van der Waals surface area contributed by atoms with Gasteiger partial charge in [-0.2, -0.15) is 0 Å². The molecule has 94 valence electrons. The zero-order valence-corrected chi connectivity index (χ0v) is 10.8. The van der Waals surface area contributed by atoms with Crippen LogP contribution in [0.1, 0.15) is 52.9 Å². The molecule has 0 aromatic carbocycles. The number of rotatable bonds is 4. The Balaban J connectivity index is 2.58. The van der Waals surface area contributed by atoms with Crippen LogP contribution < -0.4 is 0 Å². The Hall–Kier alpha value is -0.570. The van der Waals surface area contributed by atoms with E-state index in [9.17, 15) is 4.79 Å². The lowest BCUT2D eigenvalue weighted by Crippen LogP contribution is -2.43. The maximum Gasteiger partial charge on any atom is 0.317 e. The van der Waals surface area contributed by atoms with Gasteiger partial charge in [-0.1, -0.05) is 19.8 Å². The minimum atomic E-state index is -0.703. The number of hydrogen-bond donors (Lipinski definition) is 1. The van der Waals surface area contributed by atoms with Crippen LogP contribution >= 0.6 is 0 Å². The molecular weight excluding hydrogens is 202 g/mol. The third-order valence-electron chi connectivity index (χ3n) is 3.68. The van der Waals surface area contributed by atoms with E-state index in [1.54, 1.807) is 0 Å². The third-order valence-corrected chi connectivity index (χ3v) is 3.68. The maximum absolute atomic E-state index is 10.9. The summed E-state index contributed by atoms with van der Waals surface area (Å²) in [6.45, 7) is 6.69. The smallest absolute Gasteiger partial charge is 0.317 e. The summed E-state index contributed by atoms with van der Waals surface area (Å²) in [6, 6.07) is 0.801. The summed E-state index contributed by atoms with van der Waals surface area (Å²) < 4.78 is 0. The van der Waals surface area contributed by atoms with Gasteiger partial charge in [0.25, 0.3) is 0 Å². The van der Waals surface area contributed by atoms with Gasteiger partial charge in [0.1, 0.15) is 0 Å². The number of carboxylic acids is 1. The maximum atomic E-state index is 10.9. The Morgan fingerprint density at radius 3 is 2.56 bits per heavy atom. The molecule has 0 aliphatic heterocycles. The SMILES string of the molecule is CC1CCCC(N(CC(=O)O)C(C)C)CC1. The number of nitrogens with zero attached hydrogens (tertiary/aromatic N) is 1. The molecule has 3 heteroatoms. The lowest BCUT2D eigenvalue weighted by Gasteiger charge is -2.33. The second kappa shape index (κ2) is 6.24. The van der Waals surface area contributed by atoms with Crippen LogP contribution in [0, 0.1) is 5.92 Å². The van der Waals surface area contributed by atoms with Crippen LogP contribution in [-0.2, 0) is 4.79 Å². The van der Waals surface area contributed by atoms with Crippen molar-refractivity contribution in [1.82, 2.24) is 4.90 Å². The average molecular weight is 227 g/mol. The fraction of sp³-hybridized carbons (Fsp3) is 0.923. The molecule has 0 aromatic rings. The van der Waals surface area contributed by atoms with Gasteiger partial charge < -0.3 is 5.11 Å². The number of carbonyl (C=O) groups is 1. The van der Waals surface area contributed by atoms with Crippen LogP contribution in [0.5, 0.6) is 0 Å². The van der Waals surface area contributed by atoms with Gasteiger partial charge in [-0.15, -0.1) is 0 Å². The van der Waals surface area contributed by atoms with Gasteiger partial charge >= 0.3 is 5.97 Å². The van der Waals surface area contributed by atoms with Crippen LogP contribution in [0.3, 0.4) is 0 Å². The Bertz CT molecular complexity index is 228. The summed E-state index contributed by atoms with van der Waals surface area (Å²) in [5.41, 5.74) is 0. The van der Waals surface area contributed by atoms with E-state index in [4.69, 9.17) is 5.11 Å². The molecule has 1 fully saturated rings. The van der Waals surface area contributed by atoms with Gasteiger partial charge in [-0.25, -0.2) is 0 Å². The van der Waals surface area contributed by atoms with Gasteiger partial charge in [0.2, 0.25) is 0 Å². The number of carboxylic acid groups (broad SMARTS) is 1. The molecule has 0 saturated heterocycles. The first-order chi connectivity index (χ1) is 7.50. The standard InChI is InChI=1S/C13H25NO2/c1-10(2)14(9-13(15)16)12-6-4-5-11(3)7-8-12/h10-12H,4-9H2,1-3H3,(H,15,16). The minimum absolute atomic E-state index is 0.191. The highest BCUT2D eigenvalue weighted by molar-refractivity contribution is 5.69. The zero-order chi connectivity index (χ0) is 12.1. The van der Waals surface area contributed by atoms with Gasteiger partial charge in [0, 0.05) is 12.1 Å². The van der Waals surface area contributed by atoms with E-state index in [0.717, 1.165) is 18.8 Å². The lowest BCUT2D eigenvalue weighted by atomic mass is 10.0. The molecule has 0 bridgehead atoms. The molecule has 0 aromatic heterocycles. The van der Waals surface area contributed by atoms with E-state index in [1.165, 1.54) is 19.3 Å². The fourth-order valence-corrected chi connectivity index (χ4v) is 2.69. The molecule has 1 aliphatic carbocycles. The van der Waals surface area contributed by atoms with Crippen LogP contribution in [0.25, 0.3) is 0 Å². The van der Waals surface area contributed by atoms with Crippen LogP contribution in [0.15, 0.2) is 0 Å². The van der Waals surface area contributed by atoms with Crippen molar-refractivity contribution in [2.45, 2.75) is 65.0 Å². The van der Waals surface area contributed by atoms with Crippen LogP contribution in [-0.4, -0.2) is 34.6 Å². The molecule has 0 radical (unpaired) electrons. The highest BCUT2D eigenvalue weighted by Gasteiger charge is 2.25. The van der Waals surface area contributed by atoms with Crippen molar-refractivity contribution in [2.75, 3.05) is 6.54 Å². The van der Waals surface area contributed by atoms with E-state index in [2.05, 4.69) is 25.7 Å². The Labute approximate surface area is 98.8 Å². The van der Waals surface area contributed by atoms with Crippen LogP contribution in [0.4, 0.5) is 0 Å². The molecular formula is C13H25NO2. The minimum Gasteiger partial charge on any atom is -0.480 e. The molecule has 1 saturated carbocycles. The molecule has 1 rings (SSSR count). The van der Waals surface area contributed by atoms with Gasteiger partial charge in [0.15, 0.2) is 0 Å². The summed E-state index contributed by atoms with van der Waals surface area (Å²) >= 11 is 0. The average Bonchev–Trinajstić information content (AvgIpc) is 2.39. The molecule has 1 aliphatic rings. The molecule has 2 unspecified atom stereocenters. The van der Waals surface area contributed by atoms with E-state index in [0.29, 0.717) is 12.1 Å². The van der Waals surface area contributed by atoms with Gasteiger partial charge in [-0.3, -0.25) is 9.69 Å². The van der Waals surface area contributed by atoms with Crippen molar-refractivity contribution in [3.8, 4) is 0 Å². The summed E-state index contributed by atoms with van der Waals surface area (Å²) in [4.78, 5) is 13.0. The largest absolute Gasteiger partial charge is 0.480 e. The number of hydrogen-bond acceptors (Lipinski definition) is 2. The molecule has 16 heavy (non-hydrogen) atoms. The normalized spacial score (nSPS) is 27.1. The first-order valence-electron chi connectivity index (χ1n) is 6.48. The topological polar surface area (TPSA) is 40.5 Å². The van der Waals surface area contributed by atoms with E-state index in [-0.39, 0.29) is 6.54 Å². The predicted molar refractivity (Wildman–Crippen MR) is 65.5 cm³/mol. The first-order valence-corrected chi connectivity index (χ1v) is 6.48. The van der Waals surface area contributed by atoms with Gasteiger partial charge in [0.05, 0.1) is 6.54 Å². The van der Waals surface area contributed by atoms with E-state index < -0.39 is 5.97 Å². The fourth-order valence-electron chi connectivity index (χ4n) is 2.69. The Kier molecular flexibility index (Phi) is 5.26. The van der Waals surface area contributed by atoms with Crippen molar-refractivity contribution >= 4 is 5.97 Å². The van der Waals surface area contributed by atoms with Crippen molar-refractivity contribution in [3.63, 3.8) is 0 Å². The van der Waals surface area contributed by atoms with Crippen LogP contribution in [0.2, 0.25) is 0 Å². The summed E-state index contributed by atoms with van der Waals surface area (Å²) in [7, 11) is 0. The van der Waals surface area contributed by atoms with Crippen molar-refractivity contribution in [2.24, 2.45) is 5.92 Å². The summed E-state index contributed by atoms with van der Waals surface area (Å²) in [5, 5.41) is 8.94. The van der Waals surface area contributed by atoms with Gasteiger partial charge in [-0.05, 0) is 39.0 Å². The predicted octanol–water partition coefficient (Wildman–Crippen LogP) is 2.75. The Morgan fingerprint density at radius 1 is 1.31 bits per heavy atom. The third kappa shape index (κ3) is 4.12. The number of aliphatic carboxylic acids is 1. The zero-order valence-electron chi connectivity index (χ0n) is 10.8. The molecule has 0 amide bonds. The van der Waals surface area contributed by atoms with Crippen molar-refractivity contribution in [1.29, 1.82) is 0 Å². The Morgan fingerprint density at radius 2 is 2.00 bits per heavy atom. The first kappa shape index (κ1) is 13.5. The summed E-state index contributed by atoms with van der Waals surface area (Å²) in [5.74, 6) is 0.106. The lowest BCUT2D eigenvalue weighted by molar-refractivity contribution is -0.139. The summed E-state index contributed by atoms with van der Waals surface area (Å²) in [6.07, 6.45) is 6.11. The molecule has 3 nitrogen and oxygen atoms in total. The van der Waals surface area contributed by atoms with Crippen molar-refractivity contribution < 1.29 is 9.90 Å². The second-order valence-corrected chi connectivity index (χ2v) is 5.43. The molecule has 0 heterocycles. The van der Waals surface area contributed by atoms with E-state index in [1.807, 2.05) is 0 Å². The molecule has 2 atom stereocenters. The van der Waals surface area contributed by atoms with E-state index >= 15 is 0 Å². The molecule has 0 spiro atoms. The monoisotopic (exact) mass is 227 g/mol. The quantitative estimate of drug-likeness (QED) is 0.751. The highest BCUT2D eigenvalue weighted by atomic mass is 16.4. The molecule has 1 N–H and O–H groups in total. The highest BCUT2D eigenvalue weighted by Crippen LogP contribution is 2.26.